The number of aromatic nitrogens is 2. The molecule has 0 saturated heterocycles. The fraction of sp³-hybridized carbons (Fsp3) is 0.500. The Labute approximate surface area is 119 Å². The quantitative estimate of drug-likeness (QED) is 0.903. The lowest BCUT2D eigenvalue weighted by Gasteiger charge is -2.04. The number of hydrogen-bond acceptors (Lipinski definition) is 4. The third-order valence-electron chi connectivity index (χ3n) is 4.03. The highest BCUT2D eigenvalue weighted by atomic mass is 16.5. The first kappa shape index (κ1) is 13.2. The number of rotatable bonds is 5. The van der Waals surface area contributed by atoms with Crippen LogP contribution in [0.25, 0.3) is 0 Å². The van der Waals surface area contributed by atoms with E-state index in [1.165, 1.54) is 5.56 Å². The van der Waals surface area contributed by atoms with Crippen molar-refractivity contribution in [2.45, 2.75) is 39.5 Å². The molecular weight excluding hydrogens is 250 g/mol. The van der Waals surface area contributed by atoms with Crippen molar-refractivity contribution in [3.8, 4) is 0 Å². The van der Waals surface area contributed by atoms with Crippen LogP contribution in [-0.2, 0) is 6.42 Å². The number of nitrogens with zero attached hydrogens (tertiary/aromatic N) is 2. The first-order valence-electron chi connectivity index (χ1n) is 7.18. The standard InChI is InChI=1S/C16H21N3O/c1-11-4-6-12(7-5-11)17-9-8-14-18-15(19-20-14)13-10-16(13,2)3/h4-7,13,17H,8-10H2,1-3H3. The van der Waals surface area contributed by atoms with Gasteiger partial charge in [0.05, 0.1) is 0 Å². The Morgan fingerprint density at radius 2 is 2.00 bits per heavy atom. The maximum absolute atomic E-state index is 5.32. The van der Waals surface area contributed by atoms with Crippen molar-refractivity contribution in [2.24, 2.45) is 5.41 Å². The molecule has 1 aliphatic rings. The molecular formula is C16H21N3O. The zero-order chi connectivity index (χ0) is 14.2. The van der Waals surface area contributed by atoms with Gasteiger partial charge in [0.15, 0.2) is 5.82 Å². The summed E-state index contributed by atoms with van der Waals surface area (Å²) in [5.74, 6) is 2.08. The molecule has 0 amide bonds. The summed E-state index contributed by atoms with van der Waals surface area (Å²) in [6.45, 7) is 7.38. The molecule has 2 aromatic rings. The van der Waals surface area contributed by atoms with E-state index in [1.807, 2.05) is 0 Å². The van der Waals surface area contributed by atoms with Gasteiger partial charge in [-0.15, -0.1) is 0 Å². The lowest BCUT2D eigenvalue weighted by Crippen LogP contribution is -2.05. The van der Waals surface area contributed by atoms with Crippen molar-refractivity contribution in [1.29, 1.82) is 0 Å². The second kappa shape index (κ2) is 4.93. The Balaban J connectivity index is 1.50. The van der Waals surface area contributed by atoms with Crippen molar-refractivity contribution in [3.63, 3.8) is 0 Å². The summed E-state index contributed by atoms with van der Waals surface area (Å²) in [4.78, 5) is 4.50. The van der Waals surface area contributed by atoms with Gasteiger partial charge in [0.2, 0.25) is 5.89 Å². The van der Waals surface area contributed by atoms with Gasteiger partial charge < -0.3 is 9.84 Å². The fourth-order valence-corrected chi connectivity index (χ4v) is 2.40. The number of nitrogens with one attached hydrogen (secondary N) is 1. The molecule has 1 aromatic carbocycles. The Morgan fingerprint density at radius 1 is 1.30 bits per heavy atom. The van der Waals surface area contributed by atoms with E-state index in [0.29, 0.717) is 11.3 Å². The molecule has 1 aromatic heterocycles. The van der Waals surface area contributed by atoms with E-state index in [9.17, 15) is 0 Å². The zero-order valence-electron chi connectivity index (χ0n) is 12.3. The lowest BCUT2D eigenvalue weighted by atomic mass is 10.1. The molecule has 106 valence electrons. The van der Waals surface area contributed by atoms with Crippen molar-refractivity contribution < 1.29 is 4.52 Å². The highest BCUT2D eigenvalue weighted by molar-refractivity contribution is 5.44. The van der Waals surface area contributed by atoms with E-state index in [0.717, 1.165) is 36.8 Å². The number of benzene rings is 1. The Hall–Kier alpha value is -1.84. The SMILES string of the molecule is Cc1ccc(NCCc2nc(C3CC3(C)C)no2)cc1. The maximum Gasteiger partial charge on any atom is 0.228 e. The highest BCUT2D eigenvalue weighted by Crippen LogP contribution is 2.57. The van der Waals surface area contributed by atoms with Crippen LogP contribution >= 0.6 is 0 Å². The molecule has 1 atom stereocenters. The summed E-state index contributed by atoms with van der Waals surface area (Å²) >= 11 is 0. The molecule has 0 spiro atoms. The molecule has 1 aliphatic carbocycles. The van der Waals surface area contributed by atoms with Gasteiger partial charge in [-0.2, -0.15) is 4.98 Å². The Kier molecular flexibility index (Phi) is 3.24. The van der Waals surface area contributed by atoms with Gasteiger partial charge in [0, 0.05) is 24.6 Å². The largest absolute Gasteiger partial charge is 0.385 e. The van der Waals surface area contributed by atoms with E-state index in [4.69, 9.17) is 4.52 Å². The van der Waals surface area contributed by atoms with Gasteiger partial charge in [-0.3, -0.25) is 0 Å². The van der Waals surface area contributed by atoms with Gasteiger partial charge in [0.25, 0.3) is 0 Å². The molecule has 1 saturated carbocycles. The second-order valence-electron chi connectivity index (χ2n) is 6.33. The van der Waals surface area contributed by atoms with E-state index in [2.05, 4.69) is 60.5 Å². The van der Waals surface area contributed by atoms with Crippen molar-refractivity contribution in [3.05, 3.63) is 41.5 Å². The Bertz CT molecular complexity index is 586. The third kappa shape index (κ3) is 2.84. The fourth-order valence-electron chi connectivity index (χ4n) is 2.40. The van der Waals surface area contributed by atoms with E-state index in [-0.39, 0.29) is 0 Å². The molecule has 0 radical (unpaired) electrons. The zero-order valence-corrected chi connectivity index (χ0v) is 12.3. The van der Waals surface area contributed by atoms with Gasteiger partial charge in [-0.05, 0) is 30.9 Å². The van der Waals surface area contributed by atoms with Crippen LogP contribution in [0.1, 0.15) is 43.5 Å². The van der Waals surface area contributed by atoms with Gasteiger partial charge in [-0.1, -0.05) is 36.7 Å². The molecule has 1 fully saturated rings. The predicted molar refractivity (Wildman–Crippen MR) is 78.8 cm³/mol. The summed E-state index contributed by atoms with van der Waals surface area (Å²) in [7, 11) is 0. The van der Waals surface area contributed by atoms with E-state index < -0.39 is 0 Å². The summed E-state index contributed by atoms with van der Waals surface area (Å²) in [6, 6.07) is 8.37. The molecule has 1 unspecified atom stereocenters. The van der Waals surface area contributed by atoms with Crippen LogP contribution in [0.4, 0.5) is 5.69 Å². The van der Waals surface area contributed by atoms with Crippen LogP contribution in [0.5, 0.6) is 0 Å². The average molecular weight is 271 g/mol. The average Bonchev–Trinajstić information content (AvgIpc) is 2.85. The van der Waals surface area contributed by atoms with Crippen LogP contribution in [0, 0.1) is 12.3 Å². The van der Waals surface area contributed by atoms with Crippen LogP contribution in [0.3, 0.4) is 0 Å². The minimum Gasteiger partial charge on any atom is -0.385 e. The molecule has 4 nitrogen and oxygen atoms in total. The van der Waals surface area contributed by atoms with Gasteiger partial charge in [0.1, 0.15) is 0 Å². The van der Waals surface area contributed by atoms with Crippen LogP contribution in [-0.4, -0.2) is 16.7 Å². The van der Waals surface area contributed by atoms with E-state index >= 15 is 0 Å². The molecule has 0 bridgehead atoms. The van der Waals surface area contributed by atoms with Gasteiger partial charge >= 0.3 is 0 Å². The summed E-state index contributed by atoms with van der Waals surface area (Å²) < 4.78 is 5.32. The maximum atomic E-state index is 5.32. The number of aryl methyl sites for hydroxylation is 1. The smallest absolute Gasteiger partial charge is 0.228 e. The van der Waals surface area contributed by atoms with Crippen LogP contribution in [0.15, 0.2) is 28.8 Å². The minimum atomic E-state index is 0.349. The van der Waals surface area contributed by atoms with E-state index in [1.54, 1.807) is 0 Å². The monoisotopic (exact) mass is 271 g/mol. The number of hydrogen-bond donors (Lipinski definition) is 1. The second-order valence-corrected chi connectivity index (χ2v) is 6.33. The first-order chi connectivity index (χ1) is 9.54. The van der Waals surface area contributed by atoms with Crippen molar-refractivity contribution in [1.82, 2.24) is 10.1 Å². The summed E-state index contributed by atoms with van der Waals surface area (Å²) in [5.41, 5.74) is 2.74. The molecule has 1 heterocycles. The minimum absolute atomic E-state index is 0.349. The summed E-state index contributed by atoms with van der Waals surface area (Å²) in [6.07, 6.45) is 1.92. The van der Waals surface area contributed by atoms with Crippen molar-refractivity contribution >= 4 is 5.69 Å². The van der Waals surface area contributed by atoms with Gasteiger partial charge in [-0.25, -0.2) is 0 Å². The van der Waals surface area contributed by atoms with Crippen LogP contribution in [0.2, 0.25) is 0 Å². The normalized spacial score (nSPS) is 19.9. The lowest BCUT2D eigenvalue weighted by molar-refractivity contribution is 0.373. The topological polar surface area (TPSA) is 51.0 Å². The Morgan fingerprint density at radius 3 is 2.65 bits per heavy atom. The molecule has 1 N–H and O–H groups in total. The molecule has 20 heavy (non-hydrogen) atoms. The molecule has 0 aliphatic heterocycles. The first-order valence-corrected chi connectivity index (χ1v) is 7.18. The van der Waals surface area contributed by atoms with Crippen LogP contribution < -0.4 is 5.32 Å². The molecule has 4 heteroatoms. The van der Waals surface area contributed by atoms with Crippen molar-refractivity contribution in [2.75, 3.05) is 11.9 Å². The number of anilines is 1. The molecule has 3 rings (SSSR count). The predicted octanol–water partition coefficient (Wildman–Crippen LogP) is 3.55. The highest BCUT2D eigenvalue weighted by Gasteiger charge is 2.49. The third-order valence-corrected chi connectivity index (χ3v) is 4.03. The summed E-state index contributed by atoms with van der Waals surface area (Å²) in [5, 5.41) is 7.46.